The first-order valence-corrected chi connectivity index (χ1v) is 15.0. The number of rotatable bonds is 3. The second-order valence-corrected chi connectivity index (χ2v) is 15.2. The van der Waals surface area contributed by atoms with E-state index in [1.807, 2.05) is 0 Å². The molecule has 144 valence electrons. The molecule has 3 aliphatic carbocycles. The Hall–Kier alpha value is -1.19. The molecular weight excluding hydrogens is 375 g/mol. The van der Waals surface area contributed by atoms with E-state index >= 15 is 0 Å². The molecule has 2 nitrogen and oxygen atoms in total. The quantitative estimate of drug-likeness (QED) is 0.510. The van der Waals surface area contributed by atoms with E-state index in [1.54, 1.807) is 22.3 Å². The molecule has 0 spiro atoms. The number of carbonyl (C=O) groups excluding carboxylic acids is 1. The summed E-state index contributed by atoms with van der Waals surface area (Å²) in [4.78, 5) is 12.7. The molecule has 1 aromatic carbocycles. The Bertz CT molecular complexity index is 819. The van der Waals surface area contributed by atoms with E-state index in [0.29, 0.717) is 15.7 Å². The molecule has 0 aromatic heterocycles. The van der Waals surface area contributed by atoms with Gasteiger partial charge in [0.15, 0.2) is 0 Å². The predicted molar refractivity (Wildman–Crippen MR) is 103 cm³/mol. The normalized spacial score (nSPS) is 25.3. The van der Waals surface area contributed by atoms with Crippen LogP contribution in [0.5, 0.6) is 0 Å². The topological polar surface area (TPSA) is 26.3 Å². The van der Waals surface area contributed by atoms with Crippen LogP contribution in [0.2, 0.25) is 14.7 Å². The zero-order valence-corrected chi connectivity index (χ0v) is 18.2. The fraction of sp³-hybridized carbons (Fsp3) is 0.522. The van der Waals surface area contributed by atoms with Gasteiger partial charge < -0.3 is 0 Å². The molecular formula is C23H29FO2Ti. The average Bonchev–Trinajstić information content (AvgIpc) is 2.95. The number of benzene rings is 1. The van der Waals surface area contributed by atoms with Crippen LogP contribution in [0, 0.1) is 11.7 Å². The van der Waals surface area contributed by atoms with E-state index in [4.69, 9.17) is 3.32 Å². The van der Waals surface area contributed by atoms with Crippen molar-refractivity contribution in [2.45, 2.75) is 66.5 Å². The van der Waals surface area contributed by atoms with Gasteiger partial charge in [0.1, 0.15) is 0 Å². The van der Waals surface area contributed by atoms with Crippen LogP contribution in [-0.4, -0.2) is 5.97 Å². The number of carbonyl (C=O) groups is 1. The fourth-order valence-corrected chi connectivity index (χ4v) is 9.89. The molecule has 0 radical (unpaired) electrons. The summed E-state index contributed by atoms with van der Waals surface area (Å²) in [5, 5.41) is 4.46. The van der Waals surface area contributed by atoms with Crippen LogP contribution in [0.25, 0.3) is 0 Å². The van der Waals surface area contributed by atoms with Gasteiger partial charge in [-0.3, -0.25) is 0 Å². The summed E-state index contributed by atoms with van der Waals surface area (Å²) >= 11 is -2.88. The number of allylic oxidation sites excluding steroid dienone is 4. The van der Waals surface area contributed by atoms with Gasteiger partial charge in [-0.15, -0.1) is 0 Å². The Morgan fingerprint density at radius 1 is 1.04 bits per heavy atom. The molecule has 0 bridgehead atoms. The molecule has 4 rings (SSSR count). The summed E-state index contributed by atoms with van der Waals surface area (Å²) in [6.07, 6.45) is 8.69. The van der Waals surface area contributed by atoms with Crippen LogP contribution in [-0.2, 0) is 20.3 Å². The van der Waals surface area contributed by atoms with Crippen molar-refractivity contribution in [1.82, 2.24) is 0 Å². The van der Waals surface area contributed by atoms with Crippen molar-refractivity contribution in [3.05, 3.63) is 57.9 Å². The van der Waals surface area contributed by atoms with Gasteiger partial charge >= 0.3 is 166 Å². The molecule has 0 amide bonds. The predicted octanol–water partition coefficient (Wildman–Crippen LogP) is 6.94. The van der Waals surface area contributed by atoms with Crippen molar-refractivity contribution in [1.29, 1.82) is 0 Å². The van der Waals surface area contributed by atoms with Gasteiger partial charge in [0, 0.05) is 0 Å². The third-order valence-electron chi connectivity index (χ3n) is 6.78. The summed E-state index contributed by atoms with van der Waals surface area (Å²) in [6, 6.07) is 5.71. The molecule has 0 saturated carbocycles. The van der Waals surface area contributed by atoms with Crippen molar-refractivity contribution < 1.29 is 29.5 Å². The van der Waals surface area contributed by atoms with Crippen molar-refractivity contribution in [3.8, 4) is 0 Å². The van der Waals surface area contributed by atoms with Gasteiger partial charge in [0.05, 0.1) is 0 Å². The van der Waals surface area contributed by atoms with E-state index in [9.17, 15) is 9.18 Å². The van der Waals surface area contributed by atoms with E-state index in [1.165, 1.54) is 62.8 Å². The minimum atomic E-state index is -2.88. The molecule has 4 heteroatoms. The molecule has 2 unspecified atom stereocenters. The Balaban J connectivity index is 1.59. The van der Waals surface area contributed by atoms with E-state index in [-0.39, 0.29) is 11.8 Å². The van der Waals surface area contributed by atoms with Crippen LogP contribution < -0.4 is 0 Å². The SMILES string of the molecule is CC1C2=C(CCCC2)C2=C1[CH]([Ti]([CH3])([CH3])[O]C(=O)c1ccc(F)cc1)CCC2. The third-order valence-corrected chi connectivity index (χ3v) is 11.5. The molecule has 0 N–H and O–H groups in total. The summed E-state index contributed by atoms with van der Waals surface area (Å²) < 4.78 is 19.8. The van der Waals surface area contributed by atoms with Crippen molar-refractivity contribution in [2.75, 3.05) is 0 Å². The Labute approximate surface area is 165 Å². The van der Waals surface area contributed by atoms with Crippen LogP contribution in [0.3, 0.4) is 0 Å². The average molecular weight is 404 g/mol. The summed E-state index contributed by atoms with van der Waals surface area (Å²) in [5.41, 5.74) is 7.05. The second-order valence-electron chi connectivity index (χ2n) is 8.81. The first-order chi connectivity index (χ1) is 12.9. The maximum absolute atomic E-state index is 13.2. The zero-order valence-electron chi connectivity index (χ0n) is 16.6. The van der Waals surface area contributed by atoms with Crippen molar-refractivity contribution in [2.24, 2.45) is 5.92 Å². The first-order valence-electron chi connectivity index (χ1n) is 10.3. The molecule has 2 atom stereocenters. The molecule has 0 heterocycles. The van der Waals surface area contributed by atoms with Gasteiger partial charge in [-0.2, -0.15) is 0 Å². The summed E-state index contributed by atoms with van der Waals surface area (Å²) in [5.74, 6) is -0.0722. The van der Waals surface area contributed by atoms with Crippen LogP contribution >= 0.6 is 0 Å². The van der Waals surface area contributed by atoms with Crippen molar-refractivity contribution >= 4 is 5.97 Å². The molecule has 0 aliphatic heterocycles. The number of halogens is 1. The van der Waals surface area contributed by atoms with E-state index < -0.39 is 17.0 Å². The van der Waals surface area contributed by atoms with E-state index in [0.717, 1.165) is 6.42 Å². The number of fused-ring (bicyclic) bond motifs is 1. The second kappa shape index (κ2) is 7.33. The van der Waals surface area contributed by atoms with Crippen molar-refractivity contribution in [3.63, 3.8) is 0 Å². The number of hydrogen-bond donors (Lipinski definition) is 0. The van der Waals surface area contributed by atoms with Gasteiger partial charge in [-0.05, 0) is 0 Å². The third kappa shape index (κ3) is 3.49. The minimum absolute atomic E-state index is 0.281. The van der Waals surface area contributed by atoms with Gasteiger partial charge in [0.25, 0.3) is 0 Å². The fourth-order valence-electron chi connectivity index (χ4n) is 5.50. The first kappa shape index (κ1) is 19.1. The number of hydrogen-bond acceptors (Lipinski definition) is 2. The van der Waals surface area contributed by atoms with Crippen LogP contribution in [0.4, 0.5) is 4.39 Å². The Morgan fingerprint density at radius 2 is 1.70 bits per heavy atom. The van der Waals surface area contributed by atoms with Gasteiger partial charge in [0.2, 0.25) is 0 Å². The molecule has 0 saturated heterocycles. The monoisotopic (exact) mass is 404 g/mol. The summed E-state index contributed by atoms with van der Waals surface area (Å²) in [7, 11) is 0. The van der Waals surface area contributed by atoms with Crippen LogP contribution in [0.15, 0.2) is 46.6 Å². The van der Waals surface area contributed by atoms with Crippen LogP contribution in [0.1, 0.15) is 62.2 Å². The maximum atomic E-state index is 13.2. The molecule has 27 heavy (non-hydrogen) atoms. The molecule has 0 fully saturated rings. The standard InChI is InChI=1S/C14H19.C7H5FO2.2CH3.Ti/c1-10-11-6-2-4-8-13(11)14-9-5-3-7-12(10)14;8-6-3-1-5(2-4-6)7(9)10;;;/h6,10H,2-5,7-9H2,1H3;1-4H,(H,9,10);2*1H3;/q;;;;+1/p-1. The molecule has 3 aliphatic rings. The Kier molecular flexibility index (Phi) is 5.20. The summed E-state index contributed by atoms with van der Waals surface area (Å²) in [6.45, 7) is 2.38. The Morgan fingerprint density at radius 3 is 2.44 bits per heavy atom. The van der Waals surface area contributed by atoms with E-state index in [2.05, 4.69) is 17.4 Å². The molecule has 1 aromatic rings. The zero-order chi connectivity index (χ0) is 19.2. The van der Waals surface area contributed by atoms with Gasteiger partial charge in [-0.25, -0.2) is 0 Å². The van der Waals surface area contributed by atoms with Gasteiger partial charge in [-0.1, -0.05) is 0 Å².